The van der Waals surface area contributed by atoms with Gasteiger partial charge in [0.05, 0.1) is 12.6 Å². The summed E-state index contributed by atoms with van der Waals surface area (Å²) in [6.45, 7) is 3.63. The monoisotopic (exact) mass is 462 g/mol. The van der Waals surface area contributed by atoms with Crippen LogP contribution in [-0.4, -0.2) is 30.1 Å². The van der Waals surface area contributed by atoms with Crippen LogP contribution >= 0.6 is 11.6 Å². The number of nitrogens with zero attached hydrogens (tertiary/aromatic N) is 5. The molecule has 1 N–H and O–H groups in total. The number of nitrogens with one attached hydrogen (secondary N) is 1. The van der Waals surface area contributed by atoms with E-state index in [-0.39, 0.29) is 5.56 Å². The van der Waals surface area contributed by atoms with Gasteiger partial charge < -0.3 is 4.98 Å². The van der Waals surface area contributed by atoms with Crippen LogP contribution in [0.2, 0.25) is 5.02 Å². The maximum Gasteiger partial charge on any atom is 0.252 e. The predicted octanol–water partition coefficient (Wildman–Crippen LogP) is 4.79. The van der Waals surface area contributed by atoms with Crippen LogP contribution in [0.25, 0.3) is 10.9 Å². The molecule has 1 aliphatic rings. The molecule has 33 heavy (non-hydrogen) atoms. The van der Waals surface area contributed by atoms with Gasteiger partial charge in [-0.2, -0.15) is 0 Å². The molecule has 0 unspecified atom stereocenters. The molecule has 1 fully saturated rings. The molecule has 5 rings (SSSR count). The van der Waals surface area contributed by atoms with E-state index in [1.807, 2.05) is 47.1 Å². The Hall–Kier alpha value is -3.03. The highest BCUT2D eigenvalue weighted by Crippen LogP contribution is 2.29. The van der Waals surface area contributed by atoms with Gasteiger partial charge in [-0.25, -0.2) is 4.68 Å². The van der Waals surface area contributed by atoms with Crippen LogP contribution < -0.4 is 5.56 Å². The summed E-state index contributed by atoms with van der Waals surface area (Å²) in [4.78, 5) is 18.1. The fourth-order valence-electron chi connectivity index (χ4n) is 4.71. The van der Waals surface area contributed by atoms with E-state index in [9.17, 15) is 4.79 Å². The molecule has 8 heteroatoms. The first kappa shape index (κ1) is 21.8. The third-order valence-corrected chi connectivity index (χ3v) is 6.79. The van der Waals surface area contributed by atoms with Gasteiger partial charge in [0.25, 0.3) is 5.56 Å². The van der Waals surface area contributed by atoms with Crippen molar-refractivity contribution in [3.8, 4) is 0 Å². The van der Waals surface area contributed by atoms with Crippen molar-refractivity contribution < 1.29 is 0 Å². The van der Waals surface area contributed by atoms with Crippen LogP contribution in [0.5, 0.6) is 0 Å². The summed E-state index contributed by atoms with van der Waals surface area (Å²) >= 11 is 6.47. The van der Waals surface area contributed by atoms with Crippen LogP contribution in [0.15, 0.2) is 53.3 Å². The minimum absolute atomic E-state index is 0.0779. The van der Waals surface area contributed by atoms with Crippen molar-refractivity contribution in [3.63, 3.8) is 0 Å². The maximum atomic E-state index is 12.9. The number of halogens is 1. The molecule has 1 aliphatic carbocycles. The molecule has 4 aromatic rings. The van der Waals surface area contributed by atoms with Gasteiger partial charge in [0.1, 0.15) is 0 Å². The minimum atomic E-state index is -0.0779. The first-order chi connectivity index (χ1) is 16.1. The van der Waals surface area contributed by atoms with Gasteiger partial charge in [0, 0.05) is 29.2 Å². The quantitative estimate of drug-likeness (QED) is 0.427. The third kappa shape index (κ3) is 4.84. The Morgan fingerprint density at radius 1 is 1.06 bits per heavy atom. The number of H-pyrrole nitrogens is 1. The van der Waals surface area contributed by atoms with Gasteiger partial charge in [0.2, 0.25) is 0 Å². The molecular weight excluding hydrogens is 436 g/mol. The molecule has 1 saturated carbocycles. The molecule has 170 valence electrons. The Kier molecular flexibility index (Phi) is 6.24. The summed E-state index contributed by atoms with van der Waals surface area (Å²) in [6.07, 6.45) is 4.62. The second-order valence-electron chi connectivity index (χ2n) is 8.93. The average molecular weight is 463 g/mol. The van der Waals surface area contributed by atoms with Crippen LogP contribution in [0.1, 0.15) is 54.2 Å². The number of aryl methyl sites for hydroxylation is 1. The Labute approximate surface area is 197 Å². The zero-order valence-corrected chi connectivity index (χ0v) is 19.4. The Balaban J connectivity index is 1.47. The lowest BCUT2D eigenvalue weighted by atomic mass is 10.1. The zero-order valence-electron chi connectivity index (χ0n) is 18.7. The topological polar surface area (TPSA) is 79.7 Å². The van der Waals surface area contributed by atoms with Crippen molar-refractivity contribution in [2.45, 2.75) is 58.3 Å². The first-order valence-corrected chi connectivity index (χ1v) is 11.8. The largest absolute Gasteiger partial charge is 0.322 e. The molecule has 0 saturated heterocycles. The van der Waals surface area contributed by atoms with Gasteiger partial charge in [-0.3, -0.25) is 9.69 Å². The number of hydrogen-bond acceptors (Lipinski definition) is 5. The highest BCUT2D eigenvalue weighted by molar-refractivity contribution is 6.31. The van der Waals surface area contributed by atoms with Gasteiger partial charge in [-0.15, -0.1) is 5.10 Å². The SMILES string of the molecule is Cc1ccc2[nH]c(=O)c(CN(Cc3ccccc3Cl)Cc3nnnn3C3CCCC3)cc2c1. The summed E-state index contributed by atoms with van der Waals surface area (Å²) in [7, 11) is 0. The number of benzene rings is 2. The molecule has 0 spiro atoms. The first-order valence-electron chi connectivity index (χ1n) is 11.4. The van der Waals surface area contributed by atoms with Crippen molar-refractivity contribution in [1.29, 1.82) is 0 Å². The smallest absolute Gasteiger partial charge is 0.252 e. The van der Waals surface area contributed by atoms with Gasteiger partial charge >= 0.3 is 0 Å². The van der Waals surface area contributed by atoms with E-state index >= 15 is 0 Å². The van der Waals surface area contributed by atoms with Crippen molar-refractivity contribution in [1.82, 2.24) is 30.1 Å². The van der Waals surface area contributed by atoms with Gasteiger partial charge in [0.15, 0.2) is 5.82 Å². The van der Waals surface area contributed by atoms with E-state index in [2.05, 4.69) is 38.4 Å². The fraction of sp³-hybridized carbons (Fsp3) is 0.360. The summed E-state index contributed by atoms with van der Waals surface area (Å²) < 4.78 is 1.97. The van der Waals surface area contributed by atoms with Crippen LogP contribution in [0.3, 0.4) is 0 Å². The molecule has 2 aromatic carbocycles. The third-order valence-electron chi connectivity index (χ3n) is 6.42. The van der Waals surface area contributed by atoms with E-state index in [4.69, 9.17) is 11.6 Å². The van der Waals surface area contributed by atoms with Gasteiger partial charge in [-0.05, 0) is 65.4 Å². The van der Waals surface area contributed by atoms with Crippen LogP contribution in [0.4, 0.5) is 0 Å². The van der Waals surface area contributed by atoms with E-state index in [1.165, 1.54) is 12.8 Å². The molecule has 0 atom stereocenters. The minimum Gasteiger partial charge on any atom is -0.322 e. The Morgan fingerprint density at radius 2 is 1.85 bits per heavy atom. The summed E-state index contributed by atoms with van der Waals surface area (Å²) in [5.41, 5.74) is 3.64. The average Bonchev–Trinajstić information content (AvgIpc) is 3.48. The van der Waals surface area contributed by atoms with Crippen LogP contribution in [-0.2, 0) is 19.6 Å². The Bertz CT molecular complexity index is 1320. The van der Waals surface area contributed by atoms with E-state index < -0.39 is 0 Å². The lowest BCUT2D eigenvalue weighted by Crippen LogP contribution is -2.28. The van der Waals surface area contributed by atoms with Crippen molar-refractivity contribution >= 4 is 22.5 Å². The predicted molar refractivity (Wildman–Crippen MR) is 129 cm³/mol. The number of pyridine rings is 1. The number of fused-ring (bicyclic) bond motifs is 1. The lowest BCUT2D eigenvalue weighted by molar-refractivity contribution is 0.232. The number of aromatic nitrogens is 5. The summed E-state index contributed by atoms with van der Waals surface area (Å²) in [5, 5.41) is 14.3. The zero-order chi connectivity index (χ0) is 22.8. The van der Waals surface area contributed by atoms with E-state index in [1.54, 1.807) is 0 Å². The summed E-state index contributed by atoms with van der Waals surface area (Å²) in [6, 6.07) is 16.2. The molecule has 0 aliphatic heterocycles. The number of rotatable bonds is 7. The highest BCUT2D eigenvalue weighted by Gasteiger charge is 2.23. The second kappa shape index (κ2) is 9.45. The maximum absolute atomic E-state index is 12.9. The highest BCUT2D eigenvalue weighted by atomic mass is 35.5. The molecular formula is C25H27ClN6O. The molecule has 0 amide bonds. The fourth-order valence-corrected chi connectivity index (χ4v) is 4.91. The number of tetrazole rings is 1. The number of aromatic amines is 1. The molecule has 0 bridgehead atoms. The van der Waals surface area contributed by atoms with Crippen molar-refractivity contribution in [3.05, 3.63) is 86.4 Å². The van der Waals surface area contributed by atoms with Crippen molar-refractivity contribution in [2.24, 2.45) is 0 Å². The molecule has 2 aromatic heterocycles. The number of hydrogen-bond donors (Lipinski definition) is 1. The lowest BCUT2D eigenvalue weighted by Gasteiger charge is -2.23. The van der Waals surface area contributed by atoms with E-state index in [0.29, 0.717) is 36.3 Å². The van der Waals surface area contributed by atoms with Crippen molar-refractivity contribution in [2.75, 3.05) is 0 Å². The molecule has 2 heterocycles. The summed E-state index contributed by atoms with van der Waals surface area (Å²) in [5.74, 6) is 0.821. The normalized spacial score (nSPS) is 14.5. The molecule has 7 nitrogen and oxygen atoms in total. The van der Waals surface area contributed by atoms with Gasteiger partial charge in [-0.1, -0.05) is 54.3 Å². The standard InChI is InChI=1S/C25H27ClN6O/c1-17-10-11-23-19(12-17)13-20(25(33)27-23)15-31(14-18-6-2-5-9-22(18)26)16-24-28-29-30-32(24)21-7-3-4-8-21/h2,5-6,9-13,21H,3-4,7-8,14-16H2,1H3,(H,27,33). The van der Waals surface area contributed by atoms with E-state index in [0.717, 1.165) is 40.7 Å². The molecule has 0 radical (unpaired) electrons. The van der Waals surface area contributed by atoms with Crippen LogP contribution in [0, 0.1) is 6.92 Å². The second-order valence-corrected chi connectivity index (χ2v) is 9.34. The Morgan fingerprint density at radius 3 is 2.67 bits per heavy atom.